The lowest BCUT2D eigenvalue weighted by molar-refractivity contribution is 0.0490. The minimum atomic E-state index is -1.13. The first kappa shape index (κ1) is 43.4. The van der Waals surface area contributed by atoms with Crippen molar-refractivity contribution in [1.29, 1.82) is 0 Å². The number of nitrogens with one attached hydrogen (secondary N) is 2. The second kappa shape index (κ2) is 22.9. The Bertz CT molecular complexity index is 1940. The first-order valence-electron chi connectivity index (χ1n) is 16.9. The number of nitrogens with two attached hydrogens (primary N) is 1. The van der Waals surface area contributed by atoms with Crippen LogP contribution in [0.4, 0.5) is 27.5 Å². The number of carboxylic acids is 2. The van der Waals surface area contributed by atoms with Crippen molar-refractivity contribution in [1.82, 2.24) is 0 Å². The van der Waals surface area contributed by atoms with Crippen LogP contribution < -0.4 is 16.4 Å². The number of aromatic carboxylic acids is 2. The van der Waals surface area contributed by atoms with Gasteiger partial charge in [0, 0.05) is 11.4 Å². The number of ether oxygens (including phenoxy) is 2. The number of carbonyl (C=O) groups excluding carboxylic acids is 4. The van der Waals surface area contributed by atoms with Gasteiger partial charge in [0.2, 0.25) is 6.08 Å². The van der Waals surface area contributed by atoms with Crippen molar-refractivity contribution >= 4 is 58.7 Å². The summed E-state index contributed by atoms with van der Waals surface area (Å²) in [6.45, 7) is 8.44. The fourth-order valence-corrected chi connectivity index (χ4v) is 4.28. The zero-order chi connectivity index (χ0) is 40.0. The molecule has 14 heteroatoms. The quantitative estimate of drug-likeness (QED) is 0.0289. The number of nitrogen functional groups attached to an aromatic ring is 1. The van der Waals surface area contributed by atoms with Crippen molar-refractivity contribution in [2.75, 3.05) is 29.6 Å². The summed E-state index contributed by atoms with van der Waals surface area (Å²) in [5.74, 6) is -2.87. The molecule has 2 amide bonds. The Kier molecular flexibility index (Phi) is 18.4. The largest absolute Gasteiger partial charge is 0.478 e. The number of hydrogen-bond acceptors (Lipinski definition) is 10. The monoisotopic (exact) mass is 740 g/mol. The van der Waals surface area contributed by atoms with E-state index in [0.29, 0.717) is 41.4 Å². The zero-order valence-corrected chi connectivity index (χ0v) is 30.5. The molecule has 0 aliphatic carbocycles. The van der Waals surface area contributed by atoms with Gasteiger partial charge in [-0.1, -0.05) is 49.9 Å². The highest BCUT2D eigenvalue weighted by atomic mass is 16.5. The van der Waals surface area contributed by atoms with Crippen LogP contribution >= 0.6 is 0 Å². The topological polar surface area (TPSA) is 224 Å². The number of aliphatic imine (C=N–C) groups is 1. The van der Waals surface area contributed by atoms with E-state index in [9.17, 15) is 33.9 Å². The molecule has 4 aromatic carbocycles. The highest BCUT2D eigenvalue weighted by molar-refractivity contribution is 6.05. The van der Waals surface area contributed by atoms with Gasteiger partial charge in [-0.3, -0.25) is 0 Å². The molecule has 4 rings (SSSR count). The van der Waals surface area contributed by atoms with Gasteiger partial charge in [-0.05, 0) is 99.5 Å². The van der Waals surface area contributed by atoms with E-state index in [-0.39, 0.29) is 22.8 Å². The number of nitrogens with zero attached hydrogens (tertiary/aromatic N) is 1. The molecule has 0 spiro atoms. The standard InChI is InChI=1S/C20H22N2O5.C12H13NO3.C8H9NO2/c1-3-4-11-27-19(25)14-6-8-15(9-7-14)21-20(26)22-17-10-5-13(2)12-16(17)18(23)24;1-2-3-8-16-12(15)10-4-6-11(7-5-10)13-9-14;1-5-2-3-7(9)6(4-5)8(10)11/h5-10,12H,3-4,11H2,1-2H3,(H,23,24)(H2,21,22,26);4-7H,2-3,8H2,1H3;2-4H,9H2,1H3,(H,10,11). The van der Waals surface area contributed by atoms with E-state index in [1.807, 2.05) is 20.8 Å². The number of carbonyl (C=O) groups is 5. The summed E-state index contributed by atoms with van der Waals surface area (Å²) in [6.07, 6.45) is 5.03. The smallest absolute Gasteiger partial charge is 0.338 e. The van der Waals surface area contributed by atoms with Gasteiger partial charge in [0.15, 0.2) is 0 Å². The number of unbranched alkanes of at least 4 members (excludes halogenated alkanes) is 2. The number of rotatable bonds is 13. The molecule has 14 nitrogen and oxygen atoms in total. The van der Waals surface area contributed by atoms with Crippen LogP contribution in [-0.2, 0) is 14.3 Å². The Morgan fingerprint density at radius 3 is 1.63 bits per heavy atom. The molecule has 0 radical (unpaired) electrons. The number of hydrogen-bond donors (Lipinski definition) is 5. The van der Waals surface area contributed by atoms with Gasteiger partial charge in [-0.15, -0.1) is 0 Å². The van der Waals surface area contributed by atoms with E-state index in [1.54, 1.807) is 79.7 Å². The average molecular weight is 741 g/mol. The Hall–Kier alpha value is -6.79. The molecule has 6 N–H and O–H groups in total. The van der Waals surface area contributed by atoms with Crippen molar-refractivity contribution < 1.29 is 48.5 Å². The molecule has 284 valence electrons. The lowest BCUT2D eigenvalue weighted by atomic mass is 10.1. The highest BCUT2D eigenvalue weighted by Gasteiger charge is 2.14. The third-order valence-corrected chi connectivity index (χ3v) is 7.21. The minimum absolute atomic E-state index is 0.00956. The summed E-state index contributed by atoms with van der Waals surface area (Å²) in [5.41, 5.74) is 9.56. The van der Waals surface area contributed by atoms with Crippen molar-refractivity contribution in [3.63, 3.8) is 0 Å². The van der Waals surface area contributed by atoms with Crippen molar-refractivity contribution in [2.24, 2.45) is 4.99 Å². The molecule has 4 aromatic rings. The first-order chi connectivity index (χ1) is 25.8. The third kappa shape index (κ3) is 15.2. The molecule has 0 saturated carbocycles. The number of anilines is 3. The van der Waals surface area contributed by atoms with Gasteiger partial charge >= 0.3 is 29.9 Å². The molecule has 54 heavy (non-hydrogen) atoms. The summed E-state index contributed by atoms with van der Waals surface area (Å²) in [7, 11) is 0. The molecule has 0 atom stereocenters. The van der Waals surface area contributed by atoms with Crippen LogP contribution in [0.1, 0.15) is 92.1 Å². The van der Waals surface area contributed by atoms with Crippen molar-refractivity contribution in [2.45, 2.75) is 53.4 Å². The SMILES string of the molecule is CCCCOC(=O)c1ccc(N=C=O)cc1.CCCCOC(=O)c1ccc(NC(=O)Nc2ccc(C)cc2C(=O)O)cc1.Cc1ccc(N)c(C(=O)O)c1. The summed E-state index contributed by atoms with van der Waals surface area (Å²) in [5, 5.41) is 23.0. The van der Waals surface area contributed by atoms with Gasteiger partial charge in [0.05, 0.1) is 46.8 Å². The molecule has 0 aromatic heterocycles. The summed E-state index contributed by atoms with van der Waals surface area (Å²) < 4.78 is 10.1. The molecule has 0 aliphatic heterocycles. The molecule has 0 unspecified atom stereocenters. The summed E-state index contributed by atoms with van der Waals surface area (Å²) in [6, 6.07) is 21.6. The van der Waals surface area contributed by atoms with Gasteiger partial charge in [0.25, 0.3) is 0 Å². The second-order valence-electron chi connectivity index (χ2n) is 11.6. The molecule has 0 saturated heterocycles. The number of benzene rings is 4. The van der Waals surface area contributed by atoms with Crippen LogP contribution in [0, 0.1) is 13.8 Å². The fraction of sp³-hybridized carbons (Fsp3) is 0.250. The second-order valence-corrected chi connectivity index (χ2v) is 11.6. The van der Waals surface area contributed by atoms with Crippen molar-refractivity contribution in [3.8, 4) is 0 Å². The minimum Gasteiger partial charge on any atom is -0.478 e. The highest BCUT2D eigenvalue weighted by Crippen LogP contribution is 2.19. The van der Waals surface area contributed by atoms with E-state index >= 15 is 0 Å². The summed E-state index contributed by atoms with van der Waals surface area (Å²) in [4.78, 5) is 70.6. The average Bonchev–Trinajstić information content (AvgIpc) is 3.14. The van der Waals surface area contributed by atoms with E-state index in [1.165, 1.54) is 18.2 Å². The fourth-order valence-electron chi connectivity index (χ4n) is 4.28. The van der Waals surface area contributed by atoms with Crippen LogP contribution in [0.2, 0.25) is 0 Å². The van der Waals surface area contributed by atoms with Crippen LogP contribution in [0.3, 0.4) is 0 Å². The Morgan fingerprint density at radius 1 is 0.685 bits per heavy atom. The van der Waals surface area contributed by atoms with E-state index in [0.717, 1.165) is 36.8 Å². The van der Waals surface area contributed by atoms with Gasteiger partial charge < -0.3 is 36.1 Å². The molecular formula is C40H44N4O10. The maximum atomic E-state index is 12.1. The van der Waals surface area contributed by atoms with Crippen LogP contribution in [-0.4, -0.2) is 59.4 Å². The Morgan fingerprint density at radius 2 is 1.17 bits per heavy atom. The Balaban J connectivity index is 0.000000314. The molecular weight excluding hydrogens is 696 g/mol. The van der Waals surface area contributed by atoms with Crippen LogP contribution in [0.15, 0.2) is 89.9 Å². The van der Waals surface area contributed by atoms with Gasteiger partial charge in [0.1, 0.15) is 0 Å². The first-order valence-corrected chi connectivity index (χ1v) is 16.9. The van der Waals surface area contributed by atoms with E-state index in [4.69, 9.17) is 20.3 Å². The molecule has 0 fully saturated rings. The van der Waals surface area contributed by atoms with E-state index < -0.39 is 23.9 Å². The maximum absolute atomic E-state index is 12.1. The van der Waals surface area contributed by atoms with Gasteiger partial charge in [-0.2, -0.15) is 4.99 Å². The molecule has 0 bridgehead atoms. The van der Waals surface area contributed by atoms with E-state index in [2.05, 4.69) is 15.6 Å². The number of esters is 2. The normalized spacial score (nSPS) is 9.78. The van der Waals surface area contributed by atoms with Crippen molar-refractivity contribution in [3.05, 3.63) is 118 Å². The number of isocyanates is 1. The number of carboxylic acid groups (broad SMARTS) is 2. The van der Waals surface area contributed by atoms with Crippen LogP contribution in [0.5, 0.6) is 0 Å². The maximum Gasteiger partial charge on any atom is 0.338 e. The number of aryl methyl sites for hydroxylation is 2. The zero-order valence-electron chi connectivity index (χ0n) is 30.5. The molecule has 0 aliphatic rings. The lowest BCUT2D eigenvalue weighted by Crippen LogP contribution is -2.21. The number of amides is 2. The van der Waals surface area contributed by atoms with Crippen LogP contribution in [0.25, 0.3) is 0 Å². The predicted octanol–water partition coefficient (Wildman–Crippen LogP) is 8.18. The molecule has 0 heterocycles. The summed E-state index contributed by atoms with van der Waals surface area (Å²) >= 11 is 0. The Labute approximate surface area is 313 Å². The number of urea groups is 1. The third-order valence-electron chi connectivity index (χ3n) is 7.21. The lowest BCUT2D eigenvalue weighted by Gasteiger charge is -2.11. The van der Waals surface area contributed by atoms with Gasteiger partial charge in [-0.25, -0.2) is 28.8 Å². The predicted molar refractivity (Wildman–Crippen MR) is 204 cm³/mol.